The van der Waals surface area contributed by atoms with Gasteiger partial charge in [0.15, 0.2) is 0 Å². The van der Waals surface area contributed by atoms with Crippen molar-refractivity contribution in [2.75, 3.05) is 18.2 Å². The van der Waals surface area contributed by atoms with Crippen molar-refractivity contribution in [3.8, 4) is 5.75 Å². The molecule has 2 aromatic carbocycles. The fourth-order valence-electron chi connectivity index (χ4n) is 2.01. The lowest BCUT2D eigenvalue weighted by molar-refractivity contribution is 0.415. The number of halogens is 1. The third kappa shape index (κ3) is 3.01. The molecular formula is C15H17BrN2O. The van der Waals surface area contributed by atoms with E-state index in [9.17, 15) is 0 Å². The molecule has 0 bridgehead atoms. The number of nitrogens with one attached hydrogen (secondary N) is 1. The van der Waals surface area contributed by atoms with Crippen LogP contribution in [0.2, 0.25) is 0 Å². The second-order valence-electron chi connectivity index (χ2n) is 4.49. The molecule has 0 fully saturated rings. The second kappa shape index (κ2) is 5.53. The predicted molar refractivity (Wildman–Crippen MR) is 84.3 cm³/mol. The Bertz CT molecular complexity index is 588. The van der Waals surface area contributed by atoms with E-state index in [0.29, 0.717) is 5.69 Å². The molecule has 3 nitrogen and oxygen atoms in total. The number of nitrogen functional groups attached to an aromatic ring is 1. The summed E-state index contributed by atoms with van der Waals surface area (Å²) in [7, 11) is 1.64. The second-order valence-corrected chi connectivity index (χ2v) is 5.41. The molecule has 4 heteroatoms. The fourth-order valence-corrected chi connectivity index (χ4v) is 2.70. The number of hydrogen-bond acceptors (Lipinski definition) is 3. The van der Waals surface area contributed by atoms with Gasteiger partial charge in [0.2, 0.25) is 0 Å². The number of nitrogens with two attached hydrogens (primary N) is 1. The highest BCUT2D eigenvalue weighted by atomic mass is 79.9. The number of methoxy groups -OCH3 is 1. The van der Waals surface area contributed by atoms with Gasteiger partial charge in [0.25, 0.3) is 0 Å². The van der Waals surface area contributed by atoms with E-state index in [4.69, 9.17) is 10.5 Å². The molecular weight excluding hydrogens is 304 g/mol. The first kappa shape index (κ1) is 13.7. The highest BCUT2D eigenvalue weighted by Crippen LogP contribution is 2.32. The molecule has 100 valence electrons. The SMILES string of the molecule is COc1ccc(N)c(Nc2c(C)cc(Br)cc2C)c1. The minimum Gasteiger partial charge on any atom is -0.497 e. The monoisotopic (exact) mass is 320 g/mol. The number of benzene rings is 2. The molecule has 0 atom stereocenters. The van der Waals surface area contributed by atoms with Crippen LogP contribution in [0.4, 0.5) is 17.1 Å². The molecule has 0 unspecified atom stereocenters. The van der Waals surface area contributed by atoms with Gasteiger partial charge in [-0.2, -0.15) is 0 Å². The van der Waals surface area contributed by atoms with E-state index >= 15 is 0 Å². The highest BCUT2D eigenvalue weighted by Gasteiger charge is 2.07. The molecule has 19 heavy (non-hydrogen) atoms. The summed E-state index contributed by atoms with van der Waals surface area (Å²) in [5, 5.41) is 3.38. The van der Waals surface area contributed by atoms with E-state index in [0.717, 1.165) is 32.7 Å². The van der Waals surface area contributed by atoms with Crippen molar-refractivity contribution in [1.82, 2.24) is 0 Å². The van der Waals surface area contributed by atoms with Gasteiger partial charge in [-0.3, -0.25) is 0 Å². The normalized spacial score (nSPS) is 10.3. The number of ether oxygens (including phenoxy) is 1. The third-order valence-electron chi connectivity index (χ3n) is 3.02. The summed E-state index contributed by atoms with van der Waals surface area (Å²) in [6.45, 7) is 4.13. The van der Waals surface area contributed by atoms with Crippen LogP contribution in [0, 0.1) is 13.8 Å². The van der Waals surface area contributed by atoms with Crippen LogP contribution in [-0.4, -0.2) is 7.11 Å². The van der Waals surface area contributed by atoms with Crippen LogP contribution in [-0.2, 0) is 0 Å². The molecule has 2 rings (SSSR count). The van der Waals surface area contributed by atoms with Crippen molar-refractivity contribution in [2.45, 2.75) is 13.8 Å². The molecule has 0 radical (unpaired) electrons. The molecule has 0 saturated carbocycles. The van der Waals surface area contributed by atoms with Crippen LogP contribution in [0.15, 0.2) is 34.8 Å². The van der Waals surface area contributed by atoms with E-state index in [1.54, 1.807) is 7.11 Å². The Morgan fingerprint density at radius 2 is 1.74 bits per heavy atom. The van der Waals surface area contributed by atoms with E-state index in [1.807, 2.05) is 18.2 Å². The Labute approximate surface area is 121 Å². The predicted octanol–water partition coefficient (Wildman–Crippen LogP) is 4.40. The summed E-state index contributed by atoms with van der Waals surface area (Å²) >= 11 is 3.50. The molecule has 0 aliphatic heterocycles. The lowest BCUT2D eigenvalue weighted by Crippen LogP contribution is -2.00. The van der Waals surface area contributed by atoms with Gasteiger partial charge < -0.3 is 15.8 Å². The largest absolute Gasteiger partial charge is 0.497 e. The van der Waals surface area contributed by atoms with E-state index in [2.05, 4.69) is 47.2 Å². The molecule has 2 aromatic rings. The standard InChI is InChI=1S/C15H17BrN2O/c1-9-6-11(16)7-10(2)15(9)18-14-8-12(19-3)4-5-13(14)17/h4-8,18H,17H2,1-3H3. The van der Waals surface area contributed by atoms with Crippen LogP contribution in [0.5, 0.6) is 5.75 Å². The average Bonchev–Trinajstić information content (AvgIpc) is 2.35. The van der Waals surface area contributed by atoms with E-state index in [1.165, 1.54) is 0 Å². The quantitative estimate of drug-likeness (QED) is 0.824. The maximum atomic E-state index is 5.99. The van der Waals surface area contributed by atoms with Crippen LogP contribution >= 0.6 is 15.9 Å². The molecule has 0 saturated heterocycles. The van der Waals surface area contributed by atoms with Gasteiger partial charge in [-0.05, 0) is 49.2 Å². The van der Waals surface area contributed by atoms with Crippen molar-refractivity contribution >= 4 is 33.0 Å². The lowest BCUT2D eigenvalue weighted by atomic mass is 10.1. The van der Waals surface area contributed by atoms with Gasteiger partial charge in [0.05, 0.1) is 18.5 Å². The maximum absolute atomic E-state index is 5.99. The molecule has 0 aliphatic carbocycles. The third-order valence-corrected chi connectivity index (χ3v) is 3.48. The first-order valence-corrected chi connectivity index (χ1v) is 6.78. The van der Waals surface area contributed by atoms with Crippen LogP contribution in [0.25, 0.3) is 0 Å². The van der Waals surface area contributed by atoms with Gasteiger partial charge in [-0.15, -0.1) is 0 Å². The number of aryl methyl sites for hydroxylation is 2. The van der Waals surface area contributed by atoms with Gasteiger partial charge in [-0.25, -0.2) is 0 Å². The summed E-state index contributed by atoms with van der Waals surface area (Å²) in [6.07, 6.45) is 0. The van der Waals surface area contributed by atoms with Gasteiger partial charge in [-0.1, -0.05) is 15.9 Å². The number of hydrogen-bond donors (Lipinski definition) is 2. The average molecular weight is 321 g/mol. The fraction of sp³-hybridized carbons (Fsp3) is 0.200. The van der Waals surface area contributed by atoms with Crippen molar-refractivity contribution in [3.05, 3.63) is 45.9 Å². The Balaban J connectivity index is 2.41. The lowest BCUT2D eigenvalue weighted by Gasteiger charge is -2.15. The van der Waals surface area contributed by atoms with Crippen molar-refractivity contribution in [2.24, 2.45) is 0 Å². The zero-order chi connectivity index (χ0) is 14.0. The first-order valence-electron chi connectivity index (χ1n) is 5.98. The molecule has 0 spiro atoms. The Kier molecular flexibility index (Phi) is 4.00. The van der Waals surface area contributed by atoms with Gasteiger partial charge in [0, 0.05) is 16.2 Å². The van der Waals surface area contributed by atoms with E-state index < -0.39 is 0 Å². The summed E-state index contributed by atoms with van der Waals surface area (Å²) < 4.78 is 6.30. The van der Waals surface area contributed by atoms with Crippen molar-refractivity contribution in [1.29, 1.82) is 0 Å². The van der Waals surface area contributed by atoms with Crippen molar-refractivity contribution < 1.29 is 4.74 Å². The maximum Gasteiger partial charge on any atom is 0.121 e. The van der Waals surface area contributed by atoms with Crippen LogP contribution in [0.1, 0.15) is 11.1 Å². The summed E-state index contributed by atoms with van der Waals surface area (Å²) in [5.41, 5.74) is 10.9. The van der Waals surface area contributed by atoms with Gasteiger partial charge in [0.1, 0.15) is 5.75 Å². The minimum absolute atomic E-state index is 0.697. The number of rotatable bonds is 3. The zero-order valence-corrected chi connectivity index (χ0v) is 12.8. The molecule has 0 aromatic heterocycles. The van der Waals surface area contributed by atoms with Gasteiger partial charge >= 0.3 is 0 Å². The summed E-state index contributed by atoms with van der Waals surface area (Å²) in [6, 6.07) is 9.74. The Morgan fingerprint density at radius 3 is 2.32 bits per heavy atom. The summed E-state index contributed by atoms with van der Waals surface area (Å²) in [4.78, 5) is 0. The summed E-state index contributed by atoms with van der Waals surface area (Å²) in [5.74, 6) is 0.782. The number of anilines is 3. The topological polar surface area (TPSA) is 47.3 Å². The molecule has 0 aliphatic rings. The first-order chi connectivity index (χ1) is 9.01. The van der Waals surface area contributed by atoms with E-state index in [-0.39, 0.29) is 0 Å². The molecule has 3 N–H and O–H groups in total. The smallest absolute Gasteiger partial charge is 0.121 e. The Hall–Kier alpha value is -1.68. The minimum atomic E-state index is 0.697. The highest BCUT2D eigenvalue weighted by molar-refractivity contribution is 9.10. The van der Waals surface area contributed by atoms with Crippen LogP contribution < -0.4 is 15.8 Å². The Morgan fingerprint density at radius 1 is 1.11 bits per heavy atom. The molecule has 0 amide bonds. The zero-order valence-electron chi connectivity index (χ0n) is 11.3. The van der Waals surface area contributed by atoms with Crippen LogP contribution in [0.3, 0.4) is 0 Å². The van der Waals surface area contributed by atoms with Crippen molar-refractivity contribution in [3.63, 3.8) is 0 Å². The molecule has 0 heterocycles.